The number of para-hydroxylation sites is 6. The number of amidine groups is 4. The van der Waals surface area contributed by atoms with Crippen molar-refractivity contribution in [3.8, 4) is 74.7 Å². The van der Waals surface area contributed by atoms with Gasteiger partial charge in [-0.3, -0.25) is 33.9 Å². The molecule has 36 heteroatoms. The number of nitrogens with zero attached hydrogens (tertiary/aromatic N) is 18. The van der Waals surface area contributed by atoms with E-state index in [4.69, 9.17) is 57.9 Å². The van der Waals surface area contributed by atoms with E-state index in [1.165, 1.54) is 0 Å². The number of tetrazole rings is 2. The standard InChI is InChI=1S/C23H27N3O5.C22H25N7O2.C22H26N4O5S.C21H23N7O2/c1-23(2,22(28)29)14-25-8-10-26(11-9-25)21-17-13-16(30-3)5-7-19(17)31-20-12-15(27)4-6-18(20)24-21;1-30-16-8-9-19-17(15-16)22(23-18-5-2-3-6-20(18)31-19)29-13-11-28(12-14-29)10-4-7-21-24-26-27-25-21;1-30-16-7-8-19-17(15-16)22(23-18-5-3-4-6-20(18)31-19)26-13-11-25(12-14-26)10-9-21(27)24-32(2,28)29;1-29-15-6-7-18-16(14-15)21(22-17-4-2-3-5-19(17)30-18)28-12-10-27(11-13-28)9-8-20-23-25-26-24-20/h4-7,12-13,27H,8-11,14H2,1-3H3,(H,28,29);2-3,5-6,8-9,15H,4,7,10-14H2,1H3,(H,24,25,26,27);3-8,15H,9-14H2,1-2H3,(H,24,27);2-7,14H,8-13H2,1H3,(H,23,24,25,26). The lowest BCUT2D eigenvalue weighted by Gasteiger charge is -2.39. The number of amides is 1. The van der Waals surface area contributed by atoms with Crippen molar-refractivity contribution in [3.05, 3.63) is 198 Å². The predicted octanol–water partition coefficient (Wildman–Crippen LogP) is 10.2. The van der Waals surface area contributed by atoms with Crippen molar-refractivity contribution < 1.29 is 66.1 Å². The second-order valence-corrected chi connectivity index (χ2v) is 32.9. The van der Waals surface area contributed by atoms with E-state index >= 15 is 0 Å². The van der Waals surface area contributed by atoms with Gasteiger partial charge in [-0.1, -0.05) is 46.8 Å². The first-order chi connectivity index (χ1) is 60.2. The molecule has 0 radical (unpaired) electrons. The summed E-state index contributed by atoms with van der Waals surface area (Å²) < 4.78 is 70.8. The highest BCUT2D eigenvalue weighted by Crippen LogP contribution is 2.45. The second-order valence-electron chi connectivity index (χ2n) is 31.1. The number of phenols is 1. The molecule has 18 rings (SSSR count). The van der Waals surface area contributed by atoms with Gasteiger partial charge < -0.3 is 67.7 Å². The van der Waals surface area contributed by atoms with Gasteiger partial charge in [-0.25, -0.2) is 28.4 Å². The van der Waals surface area contributed by atoms with E-state index in [-0.39, 0.29) is 12.2 Å². The van der Waals surface area contributed by atoms with Crippen molar-refractivity contribution in [2.45, 2.75) is 39.5 Å². The second kappa shape index (κ2) is 39.3. The number of hydrogen-bond donors (Lipinski definition) is 5. The quantitative estimate of drug-likeness (QED) is 0.0533. The Hall–Kier alpha value is -13.3. The van der Waals surface area contributed by atoms with E-state index in [0.717, 1.165) is 237 Å². The van der Waals surface area contributed by atoms with Crippen LogP contribution in [0.3, 0.4) is 0 Å². The van der Waals surface area contributed by atoms with Crippen LogP contribution in [0.1, 0.15) is 60.6 Å². The molecule has 0 bridgehead atoms. The Labute approximate surface area is 718 Å². The number of sulfonamides is 1. The first kappa shape index (κ1) is 85.7. The fourth-order valence-electron chi connectivity index (χ4n) is 15.4. The summed E-state index contributed by atoms with van der Waals surface area (Å²) in [5, 5.41) is 47.7. The highest BCUT2D eigenvalue weighted by atomic mass is 32.2. The average molecular weight is 1710 g/mol. The van der Waals surface area contributed by atoms with Gasteiger partial charge in [0.1, 0.15) is 97.8 Å². The number of aromatic amines is 2. The number of carboxylic acid groups (broad SMARTS) is 1. The molecule has 0 atom stereocenters. The Morgan fingerprint density at radius 2 is 0.774 bits per heavy atom. The van der Waals surface area contributed by atoms with Crippen LogP contribution in [-0.2, 0) is 32.5 Å². The molecule has 0 unspecified atom stereocenters. The van der Waals surface area contributed by atoms with Crippen molar-refractivity contribution in [2.75, 3.05) is 166 Å². The van der Waals surface area contributed by atoms with Crippen LogP contribution < -0.4 is 42.6 Å². The van der Waals surface area contributed by atoms with Crippen LogP contribution in [0.15, 0.2) is 184 Å². The zero-order chi connectivity index (χ0) is 86.3. The number of aliphatic carboxylic acids is 1. The predicted molar refractivity (Wildman–Crippen MR) is 466 cm³/mol. The molecule has 5 N–H and O–H groups in total. The van der Waals surface area contributed by atoms with Gasteiger partial charge in [-0.2, -0.15) is 10.4 Å². The molecular weight excluding hydrogens is 1610 g/mol. The summed E-state index contributed by atoms with van der Waals surface area (Å²) in [4.78, 5) is 61.4. The number of nitrogens with one attached hydrogen (secondary N) is 3. The summed E-state index contributed by atoms with van der Waals surface area (Å²) in [5.41, 5.74) is 5.87. The van der Waals surface area contributed by atoms with Gasteiger partial charge in [0.05, 0.1) is 62.4 Å². The lowest BCUT2D eigenvalue weighted by Crippen LogP contribution is -2.52. The van der Waals surface area contributed by atoms with Crippen molar-refractivity contribution in [2.24, 2.45) is 25.4 Å². The lowest BCUT2D eigenvalue weighted by molar-refractivity contribution is -0.148. The molecule has 2 aromatic heterocycles. The van der Waals surface area contributed by atoms with Crippen LogP contribution in [0, 0.1) is 5.41 Å². The Balaban J connectivity index is 0.000000128. The Morgan fingerprint density at radius 3 is 1.14 bits per heavy atom. The van der Waals surface area contributed by atoms with Gasteiger partial charge in [0, 0.05) is 150 Å². The number of aliphatic imine (C=N–C) groups is 4. The molecule has 0 saturated carbocycles. The van der Waals surface area contributed by atoms with E-state index in [1.54, 1.807) is 60.5 Å². The number of benzene rings is 8. The summed E-state index contributed by atoms with van der Waals surface area (Å²) >= 11 is 0. The number of aromatic nitrogens is 8. The minimum atomic E-state index is -3.53. The Bertz CT molecular complexity index is 5650. The summed E-state index contributed by atoms with van der Waals surface area (Å²) in [6.07, 6.45) is 3.76. The van der Waals surface area contributed by atoms with Crippen LogP contribution in [0.2, 0.25) is 0 Å². The molecule has 10 aromatic rings. The molecule has 35 nitrogen and oxygen atoms in total. The van der Waals surface area contributed by atoms with E-state index in [9.17, 15) is 28.2 Å². The molecule has 8 aliphatic heterocycles. The average Bonchev–Trinajstić information content (AvgIpc) is 1.62. The number of aromatic hydroxyl groups is 1. The Kier molecular flexibility index (Phi) is 27.1. The number of aryl methyl sites for hydroxylation is 1. The molecule has 4 fully saturated rings. The van der Waals surface area contributed by atoms with Crippen molar-refractivity contribution in [1.82, 2.24) is 85.2 Å². The van der Waals surface area contributed by atoms with Gasteiger partial charge in [0.15, 0.2) is 34.6 Å². The van der Waals surface area contributed by atoms with Gasteiger partial charge >= 0.3 is 5.97 Å². The minimum Gasteiger partial charge on any atom is -0.508 e. The number of methoxy groups -OCH3 is 4. The van der Waals surface area contributed by atoms with Crippen molar-refractivity contribution in [1.29, 1.82) is 0 Å². The molecular formula is C88H101N21O14S. The number of rotatable bonds is 18. The monoisotopic (exact) mass is 1710 g/mol. The van der Waals surface area contributed by atoms with E-state index in [0.29, 0.717) is 68.0 Å². The van der Waals surface area contributed by atoms with Crippen molar-refractivity contribution in [3.63, 3.8) is 0 Å². The van der Waals surface area contributed by atoms with Gasteiger partial charge in [-0.15, -0.1) is 20.4 Å². The topological polar surface area (TPSA) is 379 Å². The molecule has 10 heterocycles. The van der Waals surface area contributed by atoms with E-state index in [2.05, 4.69) is 80.4 Å². The van der Waals surface area contributed by atoms with Gasteiger partial charge in [0.25, 0.3) is 0 Å². The molecule has 1 amide bonds. The molecule has 0 aliphatic carbocycles. The third-order valence-corrected chi connectivity index (χ3v) is 22.8. The number of ether oxygens (including phenoxy) is 8. The summed E-state index contributed by atoms with van der Waals surface area (Å²) in [7, 11) is 3.07. The normalized spacial score (nSPS) is 16.2. The van der Waals surface area contributed by atoms with E-state index < -0.39 is 27.3 Å². The maximum absolute atomic E-state index is 11.8. The van der Waals surface area contributed by atoms with Crippen LogP contribution in [-0.4, -0.2) is 300 Å². The van der Waals surface area contributed by atoms with Crippen molar-refractivity contribution >= 4 is 68.0 Å². The Morgan fingerprint density at radius 1 is 0.427 bits per heavy atom. The lowest BCUT2D eigenvalue weighted by atomic mass is 9.93. The third-order valence-electron chi connectivity index (χ3n) is 22.2. The molecule has 648 valence electrons. The maximum atomic E-state index is 11.8. The number of fused-ring (bicyclic) bond motifs is 8. The number of hydrogen-bond acceptors (Lipinski definition) is 31. The fourth-order valence-corrected chi connectivity index (χ4v) is 15.9. The summed E-state index contributed by atoms with van der Waals surface area (Å²) in [6.45, 7) is 19.6. The van der Waals surface area contributed by atoms with Crippen LogP contribution in [0.25, 0.3) is 0 Å². The zero-order valence-electron chi connectivity index (χ0n) is 70.3. The molecule has 8 aliphatic rings. The number of carbonyl (C=O) groups is 2. The molecule has 0 spiro atoms. The van der Waals surface area contributed by atoms with Crippen LogP contribution >= 0.6 is 0 Å². The zero-order valence-corrected chi connectivity index (χ0v) is 71.1. The largest absolute Gasteiger partial charge is 0.508 e. The van der Waals surface area contributed by atoms with Gasteiger partial charge in [0.2, 0.25) is 15.9 Å². The van der Waals surface area contributed by atoms with Crippen LogP contribution in [0.4, 0.5) is 22.7 Å². The first-order valence-electron chi connectivity index (χ1n) is 41.2. The molecule has 4 saturated heterocycles. The highest BCUT2D eigenvalue weighted by molar-refractivity contribution is 7.89. The number of piperazine rings is 4. The molecule has 8 aromatic carbocycles. The number of carbonyl (C=O) groups excluding carboxylic acids is 1. The minimum absolute atomic E-state index is 0.113. The summed E-state index contributed by atoms with van der Waals surface area (Å²) in [6, 6.07) is 51.4. The summed E-state index contributed by atoms with van der Waals surface area (Å²) in [5.74, 6) is 12.5. The number of phenolic OH excluding ortho intramolecular Hbond substituents is 1. The smallest absolute Gasteiger partial charge is 0.310 e. The maximum Gasteiger partial charge on any atom is 0.310 e. The number of H-pyrrole nitrogens is 2. The third kappa shape index (κ3) is 21.4. The SMILES string of the molecule is COc1ccc2c(c1)C(N1CCN(CC(C)(C)C(=O)O)CC1)=Nc1ccc(O)cc1O2.COc1ccc2c(c1)C(N1CCN(CCC(=O)NS(C)(=O)=O)CC1)=Nc1ccccc1O2.COc1ccc2c(c1)C(N1CCN(CCCc3nn[nH]n3)CC1)=Nc1ccccc1O2.COc1ccc2c(c1)C(N1CCN(CCc3nn[nH]n3)CC1)=Nc1ccccc1O2. The van der Waals surface area contributed by atoms with Crippen LogP contribution in [0.5, 0.6) is 74.7 Å². The van der Waals surface area contributed by atoms with Gasteiger partial charge in [-0.05, 0) is 148 Å². The first-order valence-corrected chi connectivity index (χ1v) is 43.1. The fraction of sp³-hybridized carbons (Fsp3) is 0.364. The van der Waals surface area contributed by atoms with E-state index in [1.807, 2.05) is 150 Å². The molecule has 124 heavy (non-hydrogen) atoms. The number of carboxylic acids is 1. The highest BCUT2D eigenvalue weighted by Gasteiger charge is 2.35.